The fraction of sp³-hybridized carbons (Fsp3) is 0.889. The van der Waals surface area contributed by atoms with Crippen LogP contribution in [0.5, 0.6) is 0 Å². The molecule has 1 amide bonds. The fourth-order valence-electron chi connectivity index (χ4n) is 1.40. The van der Waals surface area contributed by atoms with Gasteiger partial charge in [0, 0.05) is 13.1 Å². The predicted octanol–water partition coefficient (Wildman–Crippen LogP) is 0.652. The smallest absolute Gasteiger partial charge is 0.410 e. The highest BCUT2D eigenvalue weighted by Gasteiger charge is 2.23. The molecule has 88 valence electrons. The van der Waals surface area contributed by atoms with Crippen LogP contribution in [0.3, 0.4) is 0 Å². The third kappa shape index (κ3) is 4.07. The number of rotatable bonds is 1. The van der Waals surface area contributed by atoms with Crippen LogP contribution in [0, 0.1) is 0 Å². The first-order chi connectivity index (χ1) is 6.91. The second-order valence-electron chi connectivity index (χ2n) is 3.92. The fourth-order valence-corrected chi connectivity index (χ4v) is 2.67. The van der Waals surface area contributed by atoms with Gasteiger partial charge in [-0.25, -0.2) is 13.2 Å². The number of carbonyl (C=O) groups is 1. The van der Waals surface area contributed by atoms with Gasteiger partial charge in [0.15, 0.2) is 9.84 Å². The van der Waals surface area contributed by atoms with Gasteiger partial charge in [-0.3, -0.25) is 0 Å². The van der Waals surface area contributed by atoms with Gasteiger partial charge in [-0.2, -0.15) is 0 Å². The summed E-state index contributed by atoms with van der Waals surface area (Å²) < 4.78 is 27.6. The molecule has 1 rings (SSSR count). The van der Waals surface area contributed by atoms with Crippen molar-refractivity contribution < 1.29 is 17.9 Å². The summed E-state index contributed by atoms with van der Waals surface area (Å²) in [6, 6.07) is 0. The minimum absolute atomic E-state index is 0.0419. The Morgan fingerprint density at radius 3 is 2.53 bits per heavy atom. The minimum Gasteiger partial charge on any atom is -0.447 e. The highest BCUT2D eigenvalue weighted by Crippen LogP contribution is 2.07. The van der Waals surface area contributed by atoms with E-state index in [-0.39, 0.29) is 24.2 Å². The summed E-state index contributed by atoms with van der Waals surface area (Å²) in [5.41, 5.74) is 0. The van der Waals surface area contributed by atoms with Gasteiger partial charge < -0.3 is 9.64 Å². The van der Waals surface area contributed by atoms with Crippen LogP contribution in [0.1, 0.15) is 20.3 Å². The van der Waals surface area contributed by atoms with Crippen LogP contribution in [0.4, 0.5) is 4.79 Å². The molecule has 1 aliphatic heterocycles. The molecule has 15 heavy (non-hydrogen) atoms. The molecule has 0 aliphatic carbocycles. The van der Waals surface area contributed by atoms with E-state index < -0.39 is 15.9 Å². The van der Waals surface area contributed by atoms with Gasteiger partial charge in [-0.15, -0.1) is 0 Å². The molecule has 0 aromatic heterocycles. The lowest BCUT2D eigenvalue weighted by molar-refractivity contribution is 0.0791. The first-order valence-electron chi connectivity index (χ1n) is 5.07. The van der Waals surface area contributed by atoms with E-state index in [1.54, 1.807) is 13.8 Å². The molecule has 0 spiro atoms. The molecule has 0 aromatic carbocycles. The molecule has 0 aromatic rings. The molecule has 6 heteroatoms. The first kappa shape index (κ1) is 12.3. The summed E-state index contributed by atoms with van der Waals surface area (Å²) in [4.78, 5) is 12.9. The zero-order valence-corrected chi connectivity index (χ0v) is 9.92. The number of hydrogen-bond donors (Lipinski definition) is 0. The number of hydrogen-bond acceptors (Lipinski definition) is 4. The van der Waals surface area contributed by atoms with Crippen molar-refractivity contribution in [3.63, 3.8) is 0 Å². The van der Waals surface area contributed by atoms with E-state index in [9.17, 15) is 13.2 Å². The van der Waals surface area contributed by atoms with Crippen LogP contribution in [0.2, 0.25) is 0 Å². The van der Waals surface area contributed by atoms with E-state index in [1.165, 1.54) is 4.90 Å². The molecule has 0 N–H and O–H groups in total. The maximum absolute atomic E-state index is 11.5. The van der Waals surface area contributed by atoms with Crippen LogP contribution in [0.15, 0.2) is 0 Å². The Labute approximate surface area is 90.3 Å². The standard InChI is InChI=1S/C9H17NO4S/c1-8(2)14-9(11)10-4-3-6-15(12,13)7-5-10/h8H,3-7H2,1-2H3. The molecule has 0 atom stereocenters. The molecule has 1 heterocycles. The number of carbonyl (C=O) groups excluding carboxylic acids is 1. The van der Waals surface area contributed by atoms with E-state index >= 15 is 0 Å². The SMILES string of the molecule is CC(C)OC(=O)N1CCCS(=O)(=O)CC1. The summed E-state index contributed by atoms with van der Waals surface area (Å²) in [6.45, 7) is 4.25. The third-order valence-electron chi connectivity index (χ3n) is 2.15. The van der Waals surface area contributed by atoms with Gasteiger partial charge in [0.05, 0.1) is 17.6 Å². The summed E-state index contributed by atoms with van der Waals surface area (Å²) in [6.07, 6.45) is -0.0883. The van der Waals surface area contributed by atoms with E-state index in [2.05, 4.69) is 0 Å². The van der Waals surface area contributed by atoms with E-state index in [0.29, 0.717) is 13.0 Å². The Bertz CT molecular complexity index is 323. The van der Waals surface area contributed by atoms with Gasteiger partial charge in [0.2, 0.25) is 0 Å². The lowest BCUT2D eigenvalue weighted by Crippen LogP contribution is -2.35. The maximum Gasteiger partial charge on any atom is 0.410 e. The number of ether oxygens (including phenoxy) is 1. The zero-order chi connectivity index (χ0) is 11.5. The molecule has 1 fully saturated rings. The molecule has 0 radical (unpaired) electrons. The van der Waals surface area contributed by atoms with Crippen LogP contribution in [0.25, 0.3) is 0 Å². The highest BCUT2D eigenvalue weighted by molar-refractivity contribution is 7.91. The van der Waals surface area contributed by atoms with Crippen molar-refractivity contribution in [2.24, 2.45) is 0 Å². The van der Waals surface area contributed by atoms with Gasteiger partial charge >= 0.3 is 6.09 Å². The van der Waals surface area contributed by atoms with Crippen LogP contribution >= 0.6 is 0 Å². The van der Waals surface area contributed by atoms with Crippen molar-refractivity contribution in [2.45, 2.75) is 26.4 Å². The predicted molar refractivity (Wildman–Crippen MR) is 56.5 cm³/mol. The summed E-state index contributed by atoms with van der Waals surface area (Å²) in [5.74, 6) is 0.207. The van der Waals surface area contributed by atoms with E-state index in [4.69, 9.17) is 4.74 Å². The average molecular weight is 235 g/mol. The minimum atomic E-state index is -2.96. The van der Waals surface area contributed by atoms with Crippen molar-refractivity contribution in [3.05, 3.63) is 0 Å². The summed E-state index contributed by atoms with van der Waals surface area (Å²) >= 11 is 0. The van der Waals surface area contributed by atoms with E-state index in [1.807, 2.05) is 0 Å². The molecule has 1 aliphatic rings. The van der Waals surface area contributed by atoms with Crippen LogP contribution in [-0.4, -0.2) is 50.1 Å². The monoisotopic (exact) mass is 235 g/mol. The summed E-state index contributed by atoms with van der Waals surface area (Å²) in [7, 11) is -2.96. The Kier molecular flexibility index (Phi) is 3.96. The van der Waals surface area contributed by atoms with Crippen molar-refractivity contribution >= 4 is 15.9 Å². The van der Waals surface area contributed by atoms with Crippen LogP contribution in [-0.2, 0) is 14.6 Å². The molecular formula is C9H17NO4S. The Morgan fingerprint density at radius 2 is 1.93 bits per heavy atom. The highest BCUT2D eigenvalue weighted by atomic mass is 32.2. The lowest BCUT2D eigenvalue weighted by Gasteiger charge is -2.20. The van der Waals surface area contributed by atoms with Gasteiger partial charge in [-0.05, 0) is 20.3 Å². The Hall–Kier alpha value is -0.780. The molecule has 1 saturated heterocycles. The number of nitrogens with zero attached hydrogens (tertiary/aromatic N) is 1. The Morgan fingerprint density at radius 1 is 1.27 bits per heavy atom. The maximum atomic E-state index is 11.5. The van der Waals surface area contributed by atoms with Crippen molar-refractivity contribution in [1.82, 2.24) is 4.90 Å². The quantitative estimate of drug-likeness (QED) is 0.669. The second-order valence-corrected chi connectivity index (χ2v) is 6.23. The molecule has 0 saturated carbocycles. The van der Waals surface area contributed by atoms with Gasteiger partial charge in [-0.1, -0.05) is 0 Å². The number of amides is 1. The Balaban J connectivity index is 2.54. The van der Waals surface area contributed by atoms with E-state index in [0.717, 1.165) is 0 Å². The van der Waals surface area contributed by atoms with Crippen LogP contribution < -0.4 is 0 Å². The molecule has 5 nitrogen and oxygen atoms in total. The summed E-state index contributed by atoms with van der Waals surface area (Å²) in [5, 5.41) is 0. The molecule has 0 bridgehead atoms. The zero-order valence-electron chi connectivity index (χ0n) is 9.10. The largest absolute Gasteiger partial charge is 0.447 e. The van der Waals surface area contributed by atoms with Gasteiger partial charge in [0.25, 0.3) is 0 Å². The topological polar surface area (TPSA) is 63.7 Å². The molecular weight excluding hydrogens is 218 g/mol. The third-order valence-corrected chi connectivity index (χ3v) is 3.87. The normalized spacial score (nSPS) is 21.1. The van der Waals surface area contributed by atoms with Crippen molar-refractivity contribution in [3.8, 4) is 0 Å². The van der Waals surface area contributed by atoms with Crippen molar-refractivity contribution in [1.29, 1.82) is 0 Å². The van der Waals surface area contributed by atoms with Gasteiger partial charge in [0.1, 0.15) is 0 Å². The first-order valence-corrected chi connectivity index (χ1v) is 6.89. The van der Waals surface area contributed by atoms with Crippen molar-refractivity contribution in [2.75, 3.05) is 24.6 Å². The number of sulfone groups is 1. The second kappa shape index (κ2) is 4.83. The lowest BCUT2D eigenvalue weighted by atomic mass is 10.4. The molecule has 0 unspecified atom stereocenters. The average Bonchev–Trinajstić information content (AvgIpc) is 2.25.